The molecule has 0 aliphatic heterocycles. The molecule has 0 unspecified atom stereocenters. The number of carbonyl (C=O) groups excluding carboxylic acids is 1. The topological polar surface area (TPSA) is 93.8 Å². The SMILES string of the molecule is C/C(=N/NC(=O)COc1ccc(Cl)cc1)c1cc([N+](=O)[O-])cs1. The van der Waals surface area contributed by atoms with E-state index in [9.17, 15) is 14.9 Å². The Kier molecular flexibility index (Phi) is 5.67. The van der Waals surface area contributed by atoms with Crippen LogP contribution in [0.25, 0.3) is 0 Å². The van der Waals surface area contributed by atoms with Gasteiger partial charge in [-0.15, -0.1) is 11.3 Å². The molecule has 0 spiro atoms. The smallest absolute Gasteiger partial charge is 0.280 e. The van der Waals surface area contributed by atoms with Gasteiger partial charge in [-0.25, -0.2) is 5.43 Å². The summed E-state index contributed by atoms with van der Waals surface area (Å²) < 4.78 is 5.27. The fourth-order valence-corrected chi connectivity index (χ4v) is 2.46. The van der Waals surface area contributed by atoms with E-state index in [0.717, 1.165) is 0 Å². The molecule has 120 valence electrons. The number of amides is 1. The summed E-state index contributed by atoms with van der Waals surface area (Å²) in [5.41, 5.74) is 2.81. The van der Waals surface area contributed by atoms with Crippen molar-refractivity contribution >= 4 is 40.2 Å². The van der Waals surface area contributed by atoms with E-state index in [1.165, 1.54) is 22.8 Å². The van der Waals surface area contributed by atoms with Gasteiger partial charge in [0.2, 0.25) is 0 Å². The van der Waals surface area contributed by atoms with Crippen molar-refractivity contribution in [3.05, 3.63) is 55.7 Å². The number of hydrogen-bond donors (Lipinski definition) is 1. The maximum absolute atomic E-state index is 11.7. The predicted octanol–water partition coefficient (Wildman–Crippen LogP) is 3.23. The molecule has 23 heavy (non-hydrogen) atoms. The van der Waals surface area contributed by atoms with E-state index in [2.05, 4.69) is 10.5 Å². The lowest BCUT2D eigenvalue weighted by Crippen LogP contribution is -2.25. The molecule has 0 saturated heterocycles. The van der Waals surface area contributed by atoms with Crippen molar-refractivity contribution in [2.24, 2.45) is 5.10 Å². The minimum atomic E-state index is -0.480. The van der Waals surface area contributed by atoms with Gasteiger partial charge in [0.05, 0.1) is 20.9 Å². The third kappa shape index (κ3) is 5.04. The van der Waals surface area contributed by atoms with Crippen molar-refractivity contribution in [2.75, 3.05) is 6.61 Å². The van der Waals surface area contributed by atoms with Crippen molar-refractivity contribution in [1.82, 2.24) is 5.43 Å². The minimum absolute atomic E-state index is 0.00283. The Morgan fingerprint density at radius 2 is 2.13 bits per heavy atom. The van der Waals surface area contributed by atoms with Crippen LogP contribution in [0.15, 0.2) is 40.8 Å². The van der Waals surface area contributed by atoms with Gasteiger partial charge in [-0.3, -0.25) is 14.9 Å². The van der Waals surface area contributed by atoms with Crippen LogP contribution in [0, 0.1) is 10.1 Å². The van der Waals surface area contributed by atoms with Gasteiger partial charge in [0.25, 0.3) is 11.6 Å². The molecule has 1 amide bonds. The number of rotatable bonds is 6. The van der Waals surface area contributed by atoms with Crippen LogP contribution in [0.5, 0.6) is 5.75 Å². The number of benzene rings is 1. The van der Waals surface area contributed by atoms with Gasteiger partial charge in [0.15, 0.2) is 6.61 Å². The minimum Gasteiger partial charge on any atom is -0.484 e. The van der Waals surface area contributed by atoms with Crippen molar-refractivity contribution < 1.29 is 14.5 Å². The predicted molar refractivity (Wildman–Crippen MR) is 88.3 cm³/mol. The molecule has 1 aromatic carbocycles. The molecule has 1 N–H and O–H groups in total. The fourth-order valence-electron chi connectivity index (χ4n) is 1.52. The fraction of sp³-hybridized carbons (Fsp3) is 0.143. The van der Waals surface area contributed by atoms with Gasteiger partial charge in [-0.05, 0) is 31.2 Å². The first kappa shape index (κ1) is 16.9. The van der Waals surface area contributed by atoms with Crippen LogP contribution in [0.4, 0.5) is 5.69 Å². The number of nitrogens with one attached hydrogen (secondary N) is 1. The molecule has 0 aliphatic carbocycles. The van der Waals surface area contributed by atoms with E-state index >= 15 is 0 Å². The molecular weight excluding hydrogens is 342 g/mol. The summed E-state index contributed by atoms with van der Waals surface area (Å²) in [4.78, 5) is 22.4. The Balaban J connectivity index is 1.86. The lowest BCUT2D eigenvalue weighted by molar-refractivity contribution is -0.384. The van der Waals surface area contributed by atoms with E-state index in [4.69, 9.17) is 16.3 Å². The molecule has 0 saturated carbocycles. The summed E-state index contributed by atoms with van der Waals surface area (Å²) in [7, 11) is 0. The summed E-state index contributed by atoms with van der Waals surface area (Å²) in [5.74, 6) is 0.0736. The first-order chi connectivity index (χ1) is 11.0. The molecule has 1 heterocycles. The van der Waals surface area contributed by atoms with Gasteiger partial charge >= 0.3 is 0 Å². The number of halogens is 1. The molecule has 0 bridgehead atoms. The highest BCUT2D eigenvalue weighted by Crippen LogP contribution is 2.21. The van der Waals surface area contributed by atoms with Crippen molar-refractivity contribution in [3.8, 4) is 5.75 Å². The summed E-state index contributed by atoms with van der Waals surface area (Å²) in [6.45, 7) is 1.44. The Morgan fingerprint density at radius 1 is 1.43 bits per heavy atom. The molecule has 0 atom stereocenters. The summed E-state index contributed by atoms with van der Waals surface area (Å²) >= 11 is 6.93. The van der Waals surface area contributed by atoms with E-state index in [1.807, 2.05) is 0 Å². The summed E-state index contributed by atoms with van der Waals surface area (Å²) in [5, 5.41) is 16.5. The zero-order chi connectivity index (χ0) is 16.8. The molecular formula is C14H12ClN3O4S. The number of hydrazone groups is 1. The average molecular weight is 354 g/mol. The van der Waals surface area contributed by atoms with Crippen LogP contribution in [0.2, 0.25) is 5.02 Å². The molecule has 1 aromatic heterocycles. The van der Waals surface area contributed by atoms with Crippen LogP contribution in [-0.2, 0) is 4.79 Å². The number of ether oxygens (including phenoxy) is 1. The van der Waals surface area contributed by atoms with Crippen molar-refractivity contribution in [1.29, 1.82) is 0 Å². The van der Waals surface area contributed by atoms with E-state index < -0.39 is 10.8 Å². The number of nitrogens with zero attached hydrogens (tertiary/aromatic N) is 2. The molecule has 7 nitrogen and oxygen atoms in total. The van der Waals surface area contributed by atoms with Crippen LogP contribution >= 0.6 is 22.9 Å². The lowest BCUT2D eigenvalue weighted by Gasteiger charge is -2.05. The normalized spacial score (nSPS) is 11.1. The van der Waals surface area contributed by atoms with Gasteiger partial charge in [-0.2, -0.15) is 5.10 Å². The van der Waals surface area contributed by atoms with Gasteiger partial charge in [0.1, 0.15) is 5.75 Å². The van der Waals surface area contributed by atoms with Gasteiger partial charge in [0, 0.05) is 11.1 Å². The largest absolute Gasteiger partial charge is 0.484 e. The maximum Gasteiger partial charge on any atom is 0.280 e. The highest BCUT2D eigenvalue weighted by Gasteiger charge is 2.11. The van der Waals surface area contributed by atoms with E-state index in [-0.39, 0.29) is 12.3 Å². The highest BCUT2D eigenvalue weighted by molar-refractivity contribution is 7.12. The lowest BCUT2D eigenvalue weighted by atomic mass is 10.3. The third-order valence-electron chi connectivity index (χ3n) is 2.68. The van der Waals surface area contributed by atoms with Crippen LogP contribution < -0.4 is 10.2 Å². The van der Waals surface area contributed by atoms with Crippen molar-refractivity contribution in [2.45, 2.75) is 6.92 Å². The Bertz CT molecular complexity index is 743. The molecule has 2 aromatic rings. The zero-order valence-electron chi connectivity index (χ0n) is 12.0. The summed E-state index contributed by atoms with van der Waals surface area (Å²) in [6, 6.07) is 8.01. The monoisotopic (exact) mass is 353 g/mol. The van der Waals surface area contributed by atoms with Crippen molar-refractivity contribution in [3.63, 3.8) is 0 Å². The zero-order valence-corrected chi connectivity index (χ0v) is 13.6. The summed E-state index contributed by atoms with van der Waals surface area (Å²) in [6.07, 6.45) is 0. The second kappa shape index (κ2) is 7.70. The van der Waals surface area contributed by atoms with Crippen LogP contribution in [-0.4, -0.2) is 23.1 Å². The van der Waals surface area contributed by atoms with E-state index in [1.54, 1.807) is 31.2 Å². The number of nitro groups is 1. The molecule has 0 fully saturated rings. The maximum atomic E-state index is 11.7. The molecule has 9 heteroatoms. The van der Waals surface area contributed by atoms with Crippen LogP contribution in [0.3, 0.4) is 0 Å². The number of hydrogen-bond acceptors (Lipinski definition) is 6. The van der Waals surface area contributed by atoms with E-state index in [0.29, 0.717) is 21.4 Å². The average Bonchev–Trinajstić information content (AvgIpc) is 3.02. The Morgan fingerprint density at radius 3 is 2.74 bits per heavy atom. The Hall–Kier alpha value is -2.45. The molecule has 2 rings (SSSR count). The molecule has 0 radical (unpaired) electrons. The second-order valence-corrected chi connectivity index (χ2v) is 5.75. The number of thiophene rings is 1. The quantitative estimate of drug-likeness (QED) is 0.490. The third-order valence-corrected chi connectivity index (χ3v) is 3.96. The first-order valence-electron chi connectivity index (χ1n) is 6.40. The molecule has 0 aliphatic rings. The van der Waals surface area contributed by atoms with Crippen LogP contribution in [0.1, 0.15) is 11.8 Å². The Labute approximate surface area is 140 Å². The number of carbonyl (C=O) groups is 1. The highest BCUT2D eigenvalue weighted by atomic mass is 35.5. The first-order valence-corrected chi connectivity index (χ1v) is 7.66. The standard InChI is InChI=1S/C14H12ClN3O4S/c1-9(13-6-11(8-23-13)18(20)21)16-17-14(19)7-22-12-4-2-10(15)3-5-12/h2-6,8H,7H2,1H3,(H,17,19)/b16-9-. The second-order valence-electron chi connectivity index (χ2n) is 4.40. The van der Waals surface area contributed by atoms with Gasteiger partial charge in [-0.1, -0.05) is 11.6 Å². The van der Waals surface area contributed by atoms with Gasteiger partial charge < -0.3 is 4.74 Å².